The van der Waals surface area contributed by atoms with Crippen molar-refractivity contribution in [3.8, 4) is 5.75 Å². The minimum absolute atomic E-state index is 0.119. The normalized spacial score (nSPS) is 13.1. The van der Waals surface area contributed by atoms with Gasteiger partial charge in [-0.3, -0.25) is 0 Å². The van der Waals surface area contributed by atoms with E-state index in [0.29, 0.717) is 12.0 Å². The number of hydrogen-bond donors (Lipinski definition) is 2. The lowest BCUT2D eigenvalue weighted by atomic mass is 9.99. The lowest BCUT2D eigenvalue weighted by molar-refractivity contribution is -0.137. The fourth-order valence-electron chi connectivity index (χ4n) is 2.10. The summed E-state index contributed by atoms with van der Waals surface area (Å²) in [6.45, 7) is 0. The van der Waals surface area contributed by atoms with Gasteiger partial charge in [-0.2, -0.15) is 13.2 Å². The summed E-state index contributed by atoms with van der Waals surface area (Å²) < 4.78 is 37.9. The topological polar surface area (TPSA) is 40.5 Å². The first-order chi connectivity index (χ1) is 9.88. The van der Waals surface area contributed by atoms with Crippen molar-refractivity contribution < 1.29 is 23.4 Å². The molecule has 0 amide bonds. The van der Waals surface area contributed by atoms with Crippen molar-refractivity contribution in [2.45, 2.75) is 25.1 Å². The summed E-state index contributed by atoms with van der Waals surface area (Å²) in [5, 5.41) is 19.6. The van der Waals surface area contributed by atoms with Gasteiger partial charge in [-0.1, -0.05) is 30.3 Å². The monoisotopic (exact) mass is 296 g/mol. The molecule has 0 saturated carbocycles. The number of alkyl halides is 3. The third kappa shape index (κ3) is 3.98. The number of aromatic hydroxyl groups is 1. The zero-order valence-corrected chi connectivity index (χ0v) is 11.1. The van der Waals surface area contributed by atoms with E-state index in [2.05, 4.69) is 0 Å². The molecule has 2 aromatic carbocycles. The van der Waals surface area contributed by atoms with Crippen LogP contribution >= 0.6 is 0 Å². The number of hydrogen-bond acceptors (Lipinski definition) is 2. The van der Waals surface area contributed by atoms with Crippen molar-refractivity contribution in [3.63, 3.8) is 0 Å². The minimum atomic E-state index is -4.42. The summed E-state index contributed by atoms with van der Waals surface area (Å²) in [5.41, 5.74) is 0.102. The second kappa shape index (κ2) is 6.18. The smallest absolute Gasteiger partial charge is 0.416 e. The predicted molar refractivity (Wildman–Crippen MR) is 72.8 cm³/mol. The van der Waals surface area contributed by atoms with E-state index < -0.39 is 17.8 Å². The number of aliphatic hydroxyl groups is 1. The number of rotatable bonds is 4. The highest BCUT2D eigenvalue weighted by atomic mass is 19.4. The Morgan fingerprint density at radius 2 is 1.71 bits per heavy atom. The van der Waals surface area contributed by atoms with E-state index in [9.17, 15) is 23.4 Å². The van der Waals surface area contributed by atoms with Crippen molar-refractivity contribution in [1.29, 1.82) is 0 Å². The fourth-order valence-corrected chi connectivity index (χ4v) is 2.10. The van der Waals surface area contributed by atoms with Gasteiger partial charge in [-0.15, -0.1) is 0 Å². The van der Waals surface area contributed by atoms with Gasteiger partial charge >= 0.3 is 6.18 Å². The van der Waals surface area contributed by atoms with Crippen LogP contribution in [0.3, 0.4) is 0 Å². The molecule has 0 saturated heterocycles. The van der Waals surface area contributed by atoms with E-state index in [1.165, 1.54) is 18.2 Å². The van der Waals surface area contributed by atoms with E-state index in [4.69, 9.17) is 0 Å². The van der Waals surface area contributed by atoms with Gasteiger partial charge in [0.25, 0.3) is 0 Å². The van der Waals surface area contributed by atoms with Gasteiger partial charge in [0.05, 0.1) is 11.7 Å². The Balaban J connectivity index is 2.07. The van der Waals surface area contributed by atoms with Crippen LogP contribution in [-0.4, -0.2) is 10.2 Å². The molecule has 0 aliphatic rings. The lowest BCUT2D eigenvalue weighted by Crippen LogP contribution is -2.07. The van der Waals surface area contributed by atoms with Gasteiger partial charge in [0.1, 0.15) is 5.75 Å². The average molecular weight is 296 g/mol. The first-order valence-corrected chi connectivity index (χ1v) is 6.50. The third-order valence-corrected chi connectivity index (χ3v) is 3.28. The molecule has 0 aliphatic carbocycles. The van der Waals surface area contributed by atoms with Crippen molar-refractivity contribution in [3.05, 3.63) is 65.2 Å². The SMILES string of the molecule is Oc1ccccc1CCC(O)c1cccc(C(F)(F)F)c1. The van der Waals surface area contributed by atoms with Gasteiger partial charge in [0.2, 0.25) is 0 Å². The molecule has 112 valence electrons. The van der Waals surface area contributed by atoms with E-state index in [1.807, 2.05) is 0 Å². The molecular formula is C16H15F3O2. The number of benzene rings is 2. The van der Waals surface area contributed by atoms with E-state index in [0.717, 1.165) is 12.1 Å². The fraction of sp³-hybridized carbons (Fsp3) is 0.250. The molecule has 21 heavy (non-hydrogen) atoms. The molecule has 2 N–H and O–H groups in total. The number of para-hydroxylation sites is 1. The Kier molecular flexibility index (Phi) is 4.53. The molecule has 0 aliphatic heterocycles. The molecule has 1 atom stereocenters. The molecule has 2 rings (SSSR count). The third-order valence-electron chi connectivity index (χ3n) is 3.28. The predicted octanol–water partition coefficient (Wildman–Crippen LogP) is 4.08. The Hall–Kier alpha value is -2.01. The maximum Gasteiger partial charge on any atom is 0.416 e. The van der Waals surface area contributed by atoms with Crippen molar-refractivity contribution in [2.24, 2.45) is 0 Å². The molecule has 0 aromatic heterocycles. The molecule has 0 fully saturated rings. The molecule has 0 bridgehead atoms. The van der Waals surface area contributed by atoms with Crippen molar-refractivity contribution in [1.82, 2.24) is 0 Å². The van der Waals surface area contributed by atoms with Crippen LogP contribution < -0.4 is 0 Å². The van der Waals surface area contributed by atoms with Crippen LogP contribution in [0, 0.1) is 0 Å². The van der Waals surface area contributed by atoms with E-state index in [1.54, 1.807) is 18.2 Å². The number of phenolic OH excluding ortho intramolecular Hbond substituents is 1. The number of aryl methyl sites for hydroxylation is 1. The zero-order chi connectivity index (χ0) is 15.5. The maximum absolute atomic E-state index is 12.6. The standard InChI is InChI=1S/C16H15F3O2/c17-16(18,19)13-6-3-5-12(10-13)15(21)9-8-11-4-1-2-7-14(11)20/h1-7,10,15,20-21H,8-9H2. The summed E-state index contributed by atoms with van der Waals surface area (Å²) in [4.78, 5) is 0. The van der Waals surface area contributed by atoms with Crippen LogP contribution in [0.2, 0.25) is 0 Å². The summed E-state index contributed by atoms with van der Waals surface area (Å²) in [5.74, 6) is 0.119. The summed E-state index contributed by atoms with van der Waals surface area (Å²) in [6, 6.07) is 11.4. The van der Waals surface area contributed by atoms with Gasteiger partial charge in [-0.25, -0.2) is 0 Å². The van der Waals surface area contributed by atoms with E-state index in [-0.39, 0.29) is 17.7 Å². The highest BCUT2D eigenvalue weighted by Gasteiger charge is 2.30. The van der Waals surface area contributed by atoms with Crippen LogP contribution in [0.1, 0.15) is 29.2 Å². The first kappa shape index (κ1) is 15.4. The molecule has 1 unspecified atom stereocenters. The molecular weight excluding hydrogens is 281 g/mol. The maximum atomic E-state index is 12.6. The average Bonchev–Trinajstić information content (AvgIpc) is 2.45. The zero-order valence-electron chi connectivity index (χ0n) is 11.1. The Bertz CT molecular complexity index is 608. The number of halogens is 3. The Morgan fingerprint density at radius 3 is 2.38 bits per heavy atom. The highest BCUT2D eigenvalue weighted by molar-refractivity contribution is 5.32. The van der Waals surface area contributed by atoms with Crippen LogP contribution in [0.15, 0.2) is 48.5 Å². The highest BCUT2D eigenvalue weighted by Crippen LogP contribution is 2.31. The molecule has 0 radical (unpaired) electrons. The van der Waals surface area contributed by atoms with Crippen molar-refractivity contribution in [2.75, 3.05) is 0 Å². The van der Waals surface area contributed by atoms with Crippen LogP contribution in [0.5, 0.6) is 5.75 Å². The Morgan fingerprint density at radius 1 is 1.00 bits per heavy atom. The first-order valence-electron chi connectivity index (χ1n) is 6.50. The molecule has 0 spiro atoms. The largest absolute Gasteiger partial charge is 0.508 e. The minimum Gasteiger partial charge on any atom is -0.508 e. The van der Waals surface area contributed by atoms with E-state index >= 15 is 0 Å². The van der Waals surface area contributed by atoms with Gasteiger partial charge < -0.3 is 10.2 Å². The number of aliphatic hydroxyl groups excluding tert-OH is 1. The van der Waals surface area contributed by atoms with Crippen LogP contribution in [0.4, 0.5) is 13.2 Å². The number of phenols is 1. The van der Waals surface area contributed by atoms with Crippen LogP contribution in [-0.2, 0) is 12.6 Å². The summed E-state index contributed by atoms with van der Waals surface area (Å²) >= 11 is 0. The van der Waals surface area contributed by atoms with Gasteiger partial charge in [0.15, 0.2) is 0 Å². The van der Waals surface area contributed by atoms with Crippen LogP contribution in [0.25, 0.3) is 0 Å². The van der Waals surface area contributed by atoms with Gasteiger partial charge in [0, 0.05) is 0 Å². The second-order valence-electron chi connectivity index (χ2n) is 4.81. The molecule has 2 nitrogen and oxygen atoms in total. The summed E-state index contributed by atoms with van der Waals surface area (Å²) in [6.07, 6.45) is -4.82. The summed E-state index contributed by atoms with van der Waals surface area (Å²) in [7, 11) is 0. The Labute approximate surface area is 120 Å². The molecule has 5 heteroatoms. The quantitative estimate of drug-likeness (QED) is 0.892. The van der Waals surface area contributed by atoms with Crippen molar-refractivity contribution >= 4 is 0 Å². The van der Waals surface area contributed by atoms with Gasteiger partial charge in [-0.05, 0) is 42.2 Å². The lowest BCUT2D eigenvalue weighted by Gasteiger charge is -2.14. The molecule has 0 heterocycles. The second-order valence-corrected chi connectivity index (χ2v) is 4.81. The molecule has 2 aromatic rings.